The minimum atomic E-state index is -3.59. The van der Waals surface area contributed by atoms with Crippen molar-refractivity contribution in [3.05, 3.63) is 35.5 Å². The van der Waals surface area contributed by atoms with Gasteiger partial charge in [-0.15, -0.1) is 0 Å². The van der Waals surface area contributed by atoms with Gasteiger partial charge in [-0.05, 0) is 18.2 Å². The molecule has 0 aliphatic rings. The number of carbonyl (C=O) groups excluding carboxylic acids is 1. The first-order valence-corrected chi connectivity index (χ1v) is 14.5. The van der Waals surface area contributed by atoms with Gasteiger partial charge in [0.05, 0.1) is 24.2 Å². The number of halogens is 1. The fourth-order valence-corrected chi connectivity index (χ4v) is 3.40. The molecule has 0 fully saturated rings. The van der Waals surface area contributed by atoms with Gasteiger partial charge < -0.3 is 10.1 Å². The zero-order valence-electron chi connectivity index (χ0n) is 16.1. The van der Waals surface area contributed by atoms with Crippen LogP contribution in [0.15, 0.2) is 35.6 Å². The van der Waals surface area contributed by atoms with Crippen LogP contribution in [0.5, 0.6) is 0 Å². The summed E-state index contributed by atoms with van der Waals surface area (Å²) in [5, 5.41) is 5.38. The SMILES string of the molecule is C[Si](C)(C)CCOC(=O)Nc1ccccc1Nc1nc(S(C)(=O)=O)ncc1Cl. The molecule has 1 aromatic heterocycles. The highest BCUT2D eigenvalue weighted by molar-refractivity contribution is 7.90. The van der Waals surface area contributed by atoms with Gasteiger partial charge in [-0.3, -0.25) is 5.32 Å². The highest BCUT2D eigenvalue weighted by atomic mass is 35.5. The number of ether oxygens (including phenoxy) is 1. The molecule has 2 aromatic rings. The van der Waals surface area contributed by atoms with Gasteiger partial charge in [0, 0.05) is 14.3 Å². The second kappa shape index (κ2) is 8.89. The van der Waals surface area contributed by atoms with Crippen LogP contribution in [0.25, 0.3) is 0 Å². The molecule has 0 bridgehead atoms. The Morgan fingerprint density at radius 3 is 2.46 bits per heavy atom. The van der Waals surface area contributed by atoms with E-state index in [1.165, 1.54) is 6.20 Å². The van der Waals surface area contributed by atoms with Crippen LogP contribution in [0.1, 0.15) is 0 Å². The number of aromatic nitrogens is 2. The Bertz CT molecular complexity index is 964. The Kier molecular flexibility index (Phi) is 7.02. The smallest absolute Gasteiger partial charge is 0.411 e. The number of nitrogens with one attached hydrogen (secondary N) is 2. The largest absolute Gasteiger partial charge is 0.450 e. The third-order valence-corrected chi connectivity index (χ3v) is 6.40. The fourth-order valence-electron chi connectivity index (χ4n) is 2.04. The highest BCUT2D eigenvalue weighted by Gasteiger charge is 2.17. The van der Waals surface area contributed by atoms with Crippen molar-refractivity contribution in [2.75, 3.05) is 23.5 Å². The number of anilines is 3. The Balaban J connectivity index is 2.16. The molecule has 1 heterocycles. The number of carbonyl (C=O) groups is 1. The zero-order chi connectivity index (χ0) is 20.9. The summed E-state index contributed by atoms with van der Waals surface area (Å²) in [7, 11) is -4.89. The molecule has 11 heteroatoms. The lowest BCUT2D eigenvalue weighted by atomic mass is 10.2. The molecule has 0 unspecified atom stereocenters. The summed E-state index contributed by atoms with van der Waals surface area (Å²) in [5.41, 5.74) is 0.917. The number of sulfone groups is 1. The minimum absolute atomic E-state index is 0.110. The standard InChI is InChI=1S/C17H23ClN4O4SSi/c1-27(24,25)16-19-11-12(18)15(22-16)20-13-7-5-6-8-14(13)21-17(23)26-9-10-28(2,3)4/h5-8,11H,9-10H2,1-4H3,(H,21,23)(H,19,20,22). The van der Waals surface area contributed by atoms with Crippen molar-refractivity contribution in [3.63, 3.8) is 0 Å². The summed E-state index contributed by atoms with van der Waals surface area (Å²) in [6.07, 6.45) is 1.64. The molecule has 1 aromatic carbocycles. The van der Waals surface area contributed by atoms with Gasteiger partial charge in [-0.25, -0.2) is 18.2 Å². The van der Waals surface area contributed by atoms with E-state index in [2.05, 4.69) is 40.2 Å². The van der Waals surface area contributed by atoms with E-state index in [1.807, 2.05) is 0 Å². The van der Waals surface area contributed by atoms with Crippen LogP contribution in [0.3, 0.4) is 0 Å². The van der Waals surface area contributed by atoms with Crippen molar-refractivity contribution in [2.45, 2.75) is 30.8 Å². The van der Waals surface area contributed by atoms with E-state index in [0.29, 0.717) is 18.0 Å². The van der Waals surface area contributed by atoms with Gasteiger partial charge in [0.15, 0.2) is 5.82 Å². The second-order valence-corrected chi connectivity index (χ2v) is 15.3. The Hall–Kier alpha value is -2.17. The monoisotopic (exact) mass is 442 g/mol. The van der Waals surface area contributed by atoms with Crippen molar-refractivity contribution in [2.24, 2.45) is 0 Å². The van der Waals surface area contributed by atoms with Crippen LogP contribution >= 0.6 is 11.6 Å². The molecular weight excluding hydrogens is 420 g/mol. The van der Waals surface area contributed by atoms with E-state index in [4.69, 9.17) is 16.3 Å². The summed E-state index contributed by atoms with van der Waals surface area (Å²) in [6, 6.07) is 7.72. The van der Waals surface area contributed by atoms with E-state index in [-0.39, 0.29) is 16.0 Å². The average molecular weight is 443 g/mol. The molecule has 0 aliphatic heterocycles. The van der Waals surface area contributed by atoms with Crippen LogP contribution in [0, 0.1) is 0 Å². The van der Waals surface area contributed by atoms with Crippen molar-refractivity contribution in [1.82, 2.24) is 9.97 Å². The first kappa shape index (κ1) is 22.1. The lowest BCUT2D eigenvalue weighted by molar-refractivity contribution is 0.167. The summed E-state index contributed by atoms with van der Waals surface area (Å²) >= 11 is 6.07. The predicted molar refractivity (Wildman–Crippen MR) is 113 cm³/mol. The van der Waals surface area contributed by atoms with Crippen molar-refractivity contribution < 1.29 is 17.9 Å². The van der Waals surface area contributed by atoms with Crippen molar-refractivity contribution in [1.29, 1.82) is 0 Å². The fraction of sp³-hybridized carbons (Fsp3) is 0.353. The Morgan fingerprint density at radius 1 is 1.21 bits per heavy atom. The van der Waals surface area contributed by atoms with E-state index < -0.39 is 24.0 Å². The second-order valence-electron chi connectivity index (χ2n) is 7.36. The first-order chi connectivity index (χ1) is 13.0. The molecule has 0 aliphatic carbocycles. The van der Waals surface area contributed by atoms with E-state index in [9.17, 15) is 13.2 Å². The predicted octanol–water partition coefficient (Wildman–Crippen LogP) is 4.16. The summed E-state index contributed by atoms with van der Waals surface area (Å²) in [6.45, 7) is 6.95. The maximum absolute atomic E-state index is 12.1. The van der Waals surface area contributed by atoms with Gasteiger partial charge in [-0.1, -0.05) is 43.4 Å². The molecule has 0 saturated heterocycles. The zero-order valence-corrected chi connectivity index (χ0v) is 18.7. The molecule has 0 atom stereocenters. The van der Waals surface area contributed by atoms with Crippen molar-refractivity contribution >= 4 is 52.8 Å². The minimum Gasteiger partial charge on any atom is -0.450 e. The van der Waals surface area contributed by atoms with Crippen LogP contribution in [-0.4, -0.2) is 45.4 Å². The number of nitrogens with zero attached hydrogens (tertiary/aromatic N) is 2. The molecule has 28 heavy (non-hydrogen) atoms. The van der Waals surface area contributed by atoms with E-state index in [0.717, 1.165) is 12.3 Å². The van der Waals surface area contributed by atoms with E-state index in [1.54, 1.807) is 24.3 Å². The number of rotatable bonds is 7. The summed E-state index contributed by atoms with van der Waals surface area (Å²) in [4.78, 5) is 19.8. The summed E-state index contributed by atoms with van der Waals surface area (Å²) in [5.74, 6) is 0.110. The first-order valence-electron chi connectivity index (χ1n) is 8.48. The lowest BCUT2D eigenvalue weighted by Crippen LogP contribution is -2.24. The summed E-state index contributed by atoms with van der Waals surface area (Å²) < 4.78 is 28.6. The molecule has 8 nitrogen and oxygen atoms in total. The molecule has 1 amide bonds. The molecular formula is C17H23ClN4O4SSi. The van der Waals surface area contributed by atoms with Gasteiger partial charge in [0.2, 0.25) is 15.0 Å². The van der Waals surface area contributed by atoms with Crippen molar-refractivity contribution in [3.8, 4) is 0 Å². The number of benzene rings is 1. The number of amides is 1. The average Bonchev–Trinajstić information content (AvgIpc) is 2.56. The highest BCUT2D eigenvalue weighted by Crippen LogP contribution is 2.28. The Morgan fingerprint density at radius 2 is 1.86 bits per heavy atom. The lowest BCUT2D eigenvalue weighted by Gasteiger charge is -2.16. The quantitative estimate of drug-likeness (QED) is 0.489. The van der Waals surface area contributed by atoms with E-state index >= 15 is 0 Å². The maximum atomic E-state index is 12.1. The topological polar surface area (TPSA) is 110 Å². The van der Waals surface area contributed by atoms with Gasteiger partial charge in [0.1, 0.15) is 5.02 Å². The molecule has 0 spiro atoms. The number of hydrogen-bond acceptors (Lipinski definition) is 7. The third kappa shape index (κ3) is 6.77. The molecule has 0 saturated carbocycles. The Labute approximate surface area is 170 Å². The van der Waals surface area contributed by atoms with Gasteiger partial charge in [-0.2, -0.15) is 4.98 Å². The van der Waals surface area contributed by atoms with Crippen LogP contribution in [0.4, 0.5) is 22.0 Å². The molecule has 0 radical (unpaired) electrons. The molecule has 2 rings (SSSR count). The maximum Gasteiger partial charge on any atom is 0.411 e. The van der Waals surface area contributed by atoms with Gasteiger partial charge in [0.25, 0.3) is 0 Å². The molecule has 152 valence electrons. The van der Waals surface area contributed by atoms with Crippen LogP contribution in [-0.2, 0) is 14.6 Å². The van der Waals surface area contributed by atoms with Crippen LogP contribution in [0.2, 0.25) is 30.7 Å². The molecule has 2 N–H and O–H groups in total. The van der Waals surface area contributed by atoms with Crippen LogP contribution < -0.4 is 10.6 Å². The third-order valence-electron chi connectivity index (χ3n) is 3.56. The number of hydrogen-bond donors (Lipinski definition) is 2. The normalized spacial score (nSPS) is 11.8. The number of para-hydroxylation sites is 2. The van der Waals surface area contributed by atoms with Gasteiger partial charge >= 0.3 is 6.09 Å².